The SMILES string of the molecule is CSc1ccc(NC(=O)N2CC(c3ccc(SC)cc3)C(c3ccc(SC)cc3)=N2)cc1. The maximum atomic E-state index is 13.0. The molecule has 7 heteroatoms. The van der Waals surface area contributed by atoms with Gasteiger partial charge in [0, 0.05) is 26.3 Å². The molecule has 0 fully saturated rings. The number of benzene rings is 3. The zero-order valence-electron chi connectivity index (χ0n) is 18.2. The van der Waals surface area contributed by atoms with Gasteiger partial charge in [0.1, 0.15) is 0 Å². The van der Waals surface area contributed by atoms with E-state index in [1.807, 2.05) is 30.5 Å². The first-order chi connectivity index (χ1) is 15.6. The lowest BCUT2D eigenvalue weighted by molar-refractivity contribution is 0.218. The minimum atomic E-state index is -0.219. The number of amides is 2. The van der Waals surface area contributed by atoms with E-state index >= 15 is 0 Å². The maximum Gasteiger partial charge on any atom is 0.342 e. The number of hydrogen-bond donors (Lipinski definition) is 1. The van der Waals surface area contributed by atoms with E-state index in [4.69, 9.17) is 5.10 Å². The van der Waals surface area contributed by atoms with Crippen molar-refractivity contribution < 1.29 is 4.79 Å². The summed E-state index contributed by atoms with van der Waals surface area (Å²) in [5.74, 6) is 0.0238. The quantitative estimate of drug-likeness (QED) is 0.391. The minimum Gasteiger partial charge on any atom is -0.306 e. The van der Waals surface area contributed by atoms with Gasteiger partial charge in [-0.15, -0.1) is 35.3 Å². The molecule has 32 heavy (non-hydrogen) atoms. The Labute approximate surface area is 202 Å². The summed E-state index contributed by atoms with van der Waals surface area (Å²) in [6.45, 7) is 0.507. The molecule has 1 aliphatic rings. The number of hydrogen-bond acceptors (Lipinski definition) is 5. The predicted molar refractivity (Wildman–Crippen MR) is 140 cm³/mol. The molecule has 0 bridgehead atoms. The topological polar surface area (TPSA) is 44.7 Å². The number of carbonyl (C=O) groups excluding carboxylic acids is 1. The van der Waals surface area contributed by atoms with Gasteiger partial charge < -0.3 is 5.32 Å². The van der Waals surface area contributed by atoms with Crippen LogP contribution in [0.1, 0.15) is 17.0 Å². The van der Waals surface area contributed by atoms with E-state index < -0.39 is 0 Å². The Morgan fingerprint density at radius 3 is 1.84 bits per heavy atom. The van der Waals surface area contributed by atoms with Crippen molar-refractivity contribution in [3.63, 3.8) is 0 Å². The smallest absolute Gasteiger partial charge is 0.306 e. The van der Waals surface area contributed by atoms with Crippen LogP contribution in [0, 0.1) is 0 Å². The molecule has 0 saturated heterocycles. The number of thioether (sulfide) groups is 3. The molecule has 1 N–H and O–H groups in total. The van der Waals surface area contributed by atoms with Gasteiger partial charge in [-0.2, -0.15) is 5.10 Å². The molecule has 0 aliphatic carbocycles. The highest BCUT2D eigenvalue weighted by molar-refractivity contribution is 7.99. The van der Waals surface area contributed by atoms with Crippen LogP contribution in [0.25, 0.3) is 0 Å². The van der Waals surface area contributed by atoms with Crippen molar-refractivity contribution in [3.8, 4) is 0 Å². The zero-order chi connectivity index (χ0) is 22.5. The highest BCUT2D eigenvalue weighted by Crippen LogP contribution is 2.31. The minimum absolute atomic E-state index is 0.0238. The van der Waals surface area contributed by atoms with Crippen LogP contribution in [-0.2, 0) is 0 Å². The molecular weight excluding hydrogens is 454 g/mol. The van der Waals surface area contributed by atoms with E-state index in [1.54, 1.807) is 40.3 Å². The first kappa shape index (κ1) is 22.8. The Hall–Kier alpha value is -2.35. The first-order valence-electron chi connectivity index (χ1n) is 10.2. The number of anilines is 1. The van der Waals surface area contributed by atoms with Crippen molar-refractivity contribution >= 4 is 52.7 Å². The van der Waals surface area contributed by atoms with E-state index in [2.05, 4.69) is 66.4 Å². The fourth-order valence-electron chi connectivity index (χ4n) is 3.61. The number of carbonyl (C=O) groups is 1. The number of rotatable bonds is 6. The lowest BCUT2D eigenvalue weighted by Gasteiger charge is -2.16. The molecule has 0 aromatic heterocycles. The molecule has 0 saturated carbocycles. The number of nitrogens with one attached hydrogen (secondary N) is 1. The average molecular weight is 480 g/mol. The van der Waals surface area contributed by atoms with Gasteiger partial charge in [-0.25, -0.2) is 9.80 Å². The maximum absolute atomic E-state index is 13.0. The Morgan fingerprint density at radius 1 is 0.812 bits per heavy atom. The summed E-state index contributed by atoms with van der Waals surface area (Å²) in [5.41, 5.74) is 3.89. The number of nitrogens with zero attached hydrogens (tertiary/aromatic N) is 2. The van der Waals surface area contributed by atoms with Crippen molar-refractivity contribution in [1.29, 1.82) is 0 Å². The Kier molecular flexibility index (Phi) is 7.50. The first-order valence-corrected chi connectivity index (χ1v) is 13.9. The third-order valence-electron chi connectivity index (χ3n) is 5.39. The van der Waals surface area contributed by atoms with Crippen LogP contribution >= 0.6 is 35.3 Å². The summed E-state index contributed by atoms with van der Waals surface area (Å²) in [5, 5.41) is 9.29. The molecule has 1 aliphatic heterocycles. The number of hydrazone groups is 1. The summed E-state index contributed by atoms with van der Waals surface area (Å²) in [6.07, 6.45) is 6.17. The van der Waals surface area contributed by atoms with Crippen molar-refractivity contribution in [3.05, 3.63) is 83.9 Å². The lowest BCUT2D eigenvalue weighted by atomic mass is 9.91. The van der Waals surface area contributed by atoms with E-state index in [-0.39, 0.29) is 11.9 Å². The van der Waals surface area contributed by atoms with Crippen molar-refractivity contribution in [2.45, 2.75) is 20.6 Å². The molecule has 2 amide bonds. The van der Waals surface area contributed by atoms with Gasteiger partial charge in [0.25, 0.3) is 0 Å². The molecule has 1 heterocycles. The molecule has 4 nitrogen and oxygen atoms in total. The molecule has 3 aromatic carbocycles. The second kappa shape index (κ2) is 10.5. The van der Waals surface area contributed by atoms with E-state index in [9.17, 15) is 4.79 Å². The van der Waals surface area contributed by atoms with E-state index in [0.717, 1.165) is 27.4 Å². The van der Waals surface area contributed by atoms with Crippen LogP contribution in [-0.4, -0.2) is 42.1 Å². The van der Waals surface area contributed by atoms with Crippen LogP contribution in [0.2, 0.25) is 0 Å². The molecule has 0 radical (unpaired) electrons. The van der Waals surface area contributed by atoms with E-state index in [1.165, 1.54) is 9.79 Å². The average Bonchev–Trinajstić information content (AvgIpc) is 3.30. The summed E-state index contributed by atoms with van der Waals surface area (Å²) in [6, 6.07) is 24.6. The van der Waals surface area contributed by atoms with Gasteiger partial charge in [-0.05, 0) is 78.4 Å². The molecule has 0 spiro atoms. The third kappa shape index (κ3) is 5.17. The second-order valence-electron chi connectivity index (χ2n) is 7.28. The molecule has 164 valence electrons. The van der Waals surface area contributed by atoms with Crippen LogP contribution in [0.3, 0.4) is 0 Å². The zero-order valence-corrected chi connectivity index (χ0v) is 20.7. The van der Waals surface area contributed by atoms with Crippen LogP contribution in [0.4, 0.5) is 10.5 Å². The summed E-state index contributed by atoms with van der Waals surface area (Å²) < 4.78 is 0. The summed E-state index contributed by atoms with van der Waals surface area (Å²) in [4.78, 5) is 16.6. The van der Waals surface area contributed by atoms with Gasteiger partial charge in [-0.1, -0.05) is 24.3 Å². The summed E-state index contributed by atoms with van der Waals surface area (Å²) >= 11 is 5.11. The fraction of sp³-hybridized carbons (Fsp3) is 0.200. The monoisotopic (exact) mass is 479 g/mol. The van der Waals surface area contributed by atoms with Gasteiger partial charge in [0.05, 0.1) is 12.3 Å². The standard InChI is InChI=1S/C25H25N3OS3/c1-30-20-10-4-17(5-11-20)23-16-28(25(29)26-19-8-14-22(32-3)15-9-19)27-24(23)18-6-12-21(31-2)13-7-18/h4-15,23H,16H2,1-3H3,(H,26,29). The largest absolute Gasteiger partial charge is 0.342 e. The lowest BCUT2D eigenvalue weighted by Crippen LogP contribution is -2.30. The van der Waals surface area contributed by atoms with Crippen LogP contribution in [0.15, 0.2) is 92.6 Å². The van der Waals surface area contributed by atoms with Crippen molar-refractivity contribution in [2.75, 3.05) is 30.6 Å². The van der Waals surface area contributed by atoms with Gasteiger partial charge >= 0.3 is 6.03 Å². The summed E-state index contributed by atoms with van der Waals surface area (Å²) in [7, 11) is 0. The Bertz CT molecular complexity index is 1100. The van der Waals surface area contributed by atoms with Gasteiger partial charge in [0.15, 0.2) is 0 Å². The molecule has 3 aromatic rings. The second-order valence-corrected chi connectivity index (χ2v) is 9.92. The highest BCUT2D eigenvalue weighted by atomic mass is 32.2. The molecule has 1 atom stereocenters. The highest BCUT2D eigenvalue weighted by Gasteiger charge is 2.32. The Morgan fingerprint density at radius 2 is 1.31 bits per heavy atom. The molecular formula is C25H25N3OS3. The molecule has 4 rings (SSSR count). The van der Waals surface area contributed by atoms with Gasteiger partial charge in [0.2, 0.25) is 0 Å². The van der Waals surface area contributed by atoms with E-state index in [0.29, 0.717) is 6.54 Å². The predicted octanol–water partition coefficient (Wildman–Crippen LogP) is 6.89. The Balaban J connectivity index is 1.60. The van der Waals surface area contributed by atoms with Crippen LogP contribution in [0.5, 0.6) is 0 Å². The van der Waals surface area contributed by atoms with Crippen LogP contribution < -0.4 is 5.32 Å². The fourth-order valence-corrected chi connectivity index (χ4v) is 4.84. The van der Waals surface area contributed by atoms with Gasteiger partial charge in [-0.3, -0.25) is 0 Å². The van der Waals surface area contributed by atoms with Crippen molar-refractivity contribution in [2.24, 2.45) is 5.10 Å². The van der Waals surface area contributed by atoms with Crippen molar-refractivity contribution in [1.82, 2.24) is 5.01 Å². The third-order valence-corrected chi connectivity index (χ3v) is 7.62. The molecule has 1 unspecified atom stereocenters. The number of urea groups is 1. The normalized spacial score (nSPS) is 15.5.